The number of carbonyl (C=O) groups is 1. The van der Waals surface area contributed by atoms with E-state index in [0.29, 0.717) is 0 Å². The summed E-state index contributed by atoms with van der Waals surface area (Å²) < 4.78 is 5.24. The molecule has 1 fully saturated rings. The highest BCUT2D eigenvalue weighted by atomic mass is 16.5. The van der Waals surface area contributed by atoms with E-state index in [4.69, 9.17) is 4.74 Å². The minimum atomic E-state index is 0.172. The fourth-order valence-corrected chi connectivity index (χ4v) is 1.98. The van der Waals surface area contributed by atoms with Crippen LogP contribution in [0.4, 0.5) is 0 Å². The number of ether oxygens (including phenoxy) is 1. The van der Waals surface area contributed by atoms with E-state index in [1.807, 2.05) is 0 Å². The molecule has 1 rings (SSSR count). The first-order valence-electron chi connectivity index (χ1n) is 6.35. The van der Waals surface area contributed by atoms with E-state index >= 15 is 0 Å². The summed E-state index contributed by atoms with van der Waals surface area (Å²) in [6, 6.07) is 0. The molecule has 1 amide bonds. The number of carbonyl (C=O) groups excluding carboxylic acids is 1. The van der Waals surface area contributed by atoms with Crippen molar-refractivity contribution < 1.29 is 9.53 Å². The van der Waals surface area contributed by atoms with Crippen LogP contribution in [0.3, 0.4) is 0 Å². The van der Waals surface area contributed by atoms with Gasteiger partial charge in [-0.1, -0.05) is 13.8 Å². The van der Waals surface area contributed by atoms with Crippen molar-refractivity contribution in [3.63, 3.8) is 0 Å². The molecule has 1 aliphatic heterocycles. The summed E-state index contributed by atoms with van der Waals surface area (Å²) >= 11 is 0. The Labute approximate surface area is 98.3 Å². The van der Waals surface area contributed by atoms with Crippen LogP contribution in [0.5, 0.6) is 0 Å². The Morgan fingerprint density at radius 3 is 2.50 bits per heavy atom. The van der Waals surface area contributed by atoms with Gasteiger partial charge in [-0.15, -0.1) is 0 Å². The van der Waals surface area contributed by atoms with Crippen LogP contribution in [0.2, 0.25) is 0 Å². The average molecular weight is 228 g/mol. The van der Waals surface area contributed by atoms with E-state index < -0.39 is 0 Å². The number of hydrogen-bond donors (Lipinski definition) is 1. The summed E-state index contributed by atoms with van der Waals surface area (Å²) in [6.45, 7) is 9.54. The van der Waals surface area contributed by atoms with E-state index in [1.54, 1.807) is 0 Å². The third kappa shape index (κ3) is 4.49. The van der Waals surface area contributed by atoms with Crippen LogP contribution in [-0.4, -0.2) is 50.2 Å². The molecule has 4 heteroatoms. The second-order valence-electron chi connectivity index (χ2n) is 4.20. The smallest absolute Gasteiger partial charge is 0.223 e. The van der Waals surface area contributed by atoms with E-state index in [-0.39, 0.29) is 11.8 Å². The van der Waals surface area contributed by atoms with Gasteiger partial charge in [-0.2, -0.15) is 0 Å². The number of hydrogen-bond acceptors (Lipinski definition) is 3. The van der Waals surface area contributed by atoms with Crippen LogP contribution in [0, 0.1) is 5.92 Å². The van der Waals surface area contributed by atoms with Gasteiger partial charge in [0.2, 0.25) is 5.91 Å². The highest BCUT2D eigenvalue weighted by molar-refractivity contribution is 5.78. The Hall–Kier alpha value is -0.610. The summed E-state index contributed by atoms with van der Waals surface area (Å²) in [6.07, 6.45) is 1.74. The van der Waals surface area contributed by atoms with Crippen molar-refractivity contribution in [2.45, 2.75) is 26.7 Å². The number of nitrogens with one attached hydrogen (secondary N) is 1. The van der Waals surface area contributed by atoms with Crippen molar-refractivity contribution in [3.8, 4) is 0 Å². The molecule has 4 nitrogen and oxygen atoms in total. The SMILES string of the molecule is CCN(CC)CCNC(=O)C1CCOCC1. The van der Waals surface area contributed by atoms with Crippen LogP contribution in [-0.2, 0) is 9.53 Å². The molecule has 0 aromatic carbocycles. The molecule has 1 aliphatic rings. The zero-order valence-corrected chi connectivity index (χ0v) is 10.5. The molecular formula is C12H24N2O2. The van der Waals surface area contributed by atoms with Crippen molar-refractivity contribution in [2.24, 2.45) is 5.92 Å². The standard InChI is InChI=1S/C12H24N2O2/c1-3-14(4-2)8-7-13-12(15)11-5-9-16-10-6-11/h11H,3-10H2,1-2H3,(H,13,15). The predicted octanol–water partition coefficient (Wildman–Crippen LogP) is 0.871. The molecule has 0 radical (unpaired) electrons. The maximum atomic E-state index is 11.8. The predicted molar refractivity (Wildman–Crippen MR) is 64.3 cm³/mol. The van der Waals surface area contributed by atoms with Crippen LogP contribution in [0.25, 0.3) is 0 Å². The minimum Gasteiger partial charge on any atom is -0.381 e. The largest absolute Gasteiger partial charge is 0.381 e. The molecule has 1 N–H and O–H groups in total. The molecule has 94 valence electrons. The fraction of sp³-hybridized carbons (Fsp3) is 0.917. The van der Waals surface area contributed by atoms with E-state index in [1.165, 1.54) is 0 Å². The Morgan fingerprint density at radius 1 is 1.31 bits per heavy atom. The lowest BCUT2D eigenvalue weighted by molar-refractivity contribution is -0.127. The van der Waals surface area contributed by atoms with Crippen LogP contribution >= 0.6 is 0 Å². The Morgan fingerprint density at radius 2 is 1.94 bits per heavy atom. The summed E-state index contributed by atoms with van der Waals surface area (Å²) in [4.78, 5) is 14.1. The molecule has 0 saturated carbocycles. The third-order valence-electron chi connectivity index (χ3n) is 3.21. The van der Waals surface area contributed by atoms with Crippen LogP contribution in [0.15, 0.2) is 0 Å². The molecule has 0 spiro atoms. The average Bonchev–Trinajstić information content (AvgIpc) is 2.35. The van der Waals surface area contributed by atoms with Gasteiger partial charge in [-0.05, 0) is 25.9 Å². The summed E-state index contributed by atoms with van der Waals surface area (Å²) in [7, 11) is 0. The van der Waals surface area contributed by atoms with Crippen molar-refractivity contribution in [1.29, 1.82) is 0 Å². The molecular weight excluding hydrogens is 204 g/mol. The molecule has 0 atom stereocenters. The fourth-order valence-electron chi connectivity index (χ4n) is 1.98. The van der Waals surface area contributed by atoms with Crippen LogP contribution < -0.4 is 5.32 Å². The second kappa shape index (κ2) is 7.63. The first-order valence-corrected chi connectivity index (χ1v) is 6.35. The Bertz CT molecular complexity index is 199. The van der Waals surface area contributed by atoms with Gasteiger partial charge in [0.1, 0.15) is 0 Å². The first-order chi connectivity index (χ1) is 7.77. The molecule has 0 aromatic rings. The molecule has 1 heterocycles. The van der Waals surface area contributed by atoms with Gasteiger partial charge in [0.15, 0.2) is 0 Å². The number of rotatable bonds is 6. The lowest BCUT2D eigenvalue weighted by Crippen LogP contribution is -2.39. The van der Waals surface area contributed by atoms with Gasteiger partial charge >= 0.3 is 0 Å². The maximum Gasteiger partial charge on any atom is 0.223 e. The molecule has 1 saturated heterocycles. The van der Waals surface area contributed by atoms with Crippen molar-refractivity contribution in [1.82, 2.24) is 10.2 Å². The van der Waals surface area contributed by atoms with Crippen molar-refractivity contribution in [2.75, 3.05) is 39.4 Å². The lowest BCUT2D eigenvalue weighted by atomic mass is 9.99. The topological polar surface area (TPSA) is 41.6 Å². The Balaban J connectivity index is 2.13. The van der Waals surface area contributed by atoms with Crippen molar-refractivity contribution >= 4 is 5.91 Å². The highest BCUT2D eigenvalue weighted by Crippen LogP contribution is 2.14. The van der Waals surface area contributed by atoms with Gasteiger partial charge in [-0.25, -0.2) is 0 Å². The van der Waals surface area contributed by atoms with Crippen molar-refractivity contribution in [3.05, 3.63) is 0 Å². The van der Waals surface area contributed by atoms with Gasteiger partial charge in [0, 0.05) is 32.2 Å². The van der Waals surface area contributed by atoms with Crippen LogP contribution in [0.1, 0.15) is 26.7 Å². The summed E-state index contributed by atoms with van der Waals surface area (Å²) in [5.41, 5.74) is 0. The first kappa shape index (κ1) is 13.5. The quantitative estimate of drug-likeness (QED) is 0.733. The normalized spacial score (nSPS) is 17.7. The molecule has 0 aromatic heterocycles. The minimum absolute atomic E-state index is 0.172. The van der Waals surface area contributed by atoms with E-state index in [9.17, 15) is 4.79 Å². The molecule has 0 unspecified atom stereocenters. The van der Waals surface area contributed by atoms with E-state index in [2.05, 4.69) is 24.1 Å². The summed E-state index contributed by atoms with van der Waals surface area (Å²) in [5.74, 6) is 0.376. The molecule has 0 bridgehead atoms. The number of likely N-dealkylation sites (N-methyl/N-ethyl adjacent to an activating group) is 1. The molecule has 16 heavy (non-hydrogen) atoms. The molecule has 0 aliphatic carbocycles. The summed E-state index contributed by atoms with van der Waals surface area (Å²) in [5, 5.41) is 3.02. The van der Waals surface area contributed by atoms with Gasteiger partial charge in [0.05, 0.1) is 0 Å². The van der Waals surface area contributed by atoms with Gasteiger partial charge < -0.3 is 15.0 Å². The van der Waals surface area contributed by atoms with E-state index in [0.717, 1.165) is 52.2 Å². The number of amides is 1. The third-order valence-corrected chi connectivity index (χ3v) is 3.21. The second-order valence-corrected chi connectivity index (χ2v) is 4.20. The number of nitrogens with zero attached hydrogens (tertiary/aromatic N) is 1. The zero-order chi connectivity index (χ0) is 11.8. The van der Waals surface area contributed by atoms with Gasteiger partial charge in [-0.3, -0.25) is 4.79 Å². The van der Waals surface area contributed by atoms with Gasteiger partial charge in [0.25, 0.3) is 0 Å². The maximum absolute atomic E-state index is 11.8. The Kier molecular flexibility index (Phi) is 6.42. The zero-order valence-electron chi connectivity index (χ0n) is 10.5. The monoisotopic (exact) mass is 228 g/mol. The lowest BCUT2D eigenvalue weighted by Gasteiger charge is -2.22. The highest BCUT2D eigenvalue weighted by Gasteiger charge is 2.20.